The summed E-state index contributed by atoms with van der Waals surface area (Å²) in [6, 6.07) is 5.93. The Labute approximate surface area is 149 Å². The molecular formula is C17H19N3O2S2. The van der Waals surface area contributed by atoms with E-state index in [9.17, 15) is 9.59 Å². The molecule has 1 heterocycles. The number of rotatable bonds is 5. The van der Waals surface area contributed by atoms with Crippen molar-refractivity contribution in [1.29, 1.82) is 0 Å². The molecule has 5 nitrogen and oxygen atoms in total. The normalized spacial score (nSPS) is 13.4. The fourth-order valence-electron chi connectivity index (χ4n) is 2.75. The maximum absolute atomic E-state index is 12.5. The van der Waals surface area contributed by atoms with Crippen LogP contribution in [0.2, 0.25) is 0 Å². The molecular weight excluding hydrogens is 342 g/mol. The van der Waals surface area contributed by atoms with E-state index >= 15 is 0 Å². The van der Waals surface area contributed by atoms with Gasteiger partial charge in [-0.05, 0) is 55.9 Å². The molecule has 0 atom stereocenters. The van der Waals surface area contributed by atoms with Gasteiger partial charge in [0.1, 0.15) is 0 Å². The first-order valence-electron chi connectivity index (χ1n) is 7.84. The minimum Gasteiger partial charge on any atom is -0.369 e. The summed E-state index contributed by atoms with van der Waals surface area (Å²) in [7, 11) is 0. The van der Waals surface area contributed by atoms with E-state index in [4.69, 9.17) is 5.73 Å². The average Bonchev–Trinajstić information content (AvgIpc) is 2.91. The second-order valence-electron chi connectivity index (χ2n) is 5.79. The van der Waals surface area contributed by atoms with Crippen molar-refractivity contribution >= 4 is 40.0 Å². The third-order valence-corrected chi connectivity index (χ3v) is 6.39. The number of nitrogens with one attached hydrogen (secondary N) is 1. The van der Waals surface area contributed by atoms with Crippen LogP contribution in [0, 0.1) is 6.92 Å². The number of nitrogens with zero attached hydrogens (tertiary/aromatic N) is 1. The van der Waals surface area contributed by atoms with E-state index in [0.717, 1.165) is 22.7 Å². The van der Waals surface area contributed by atoms with E-state index in [0.29, 0.717) is 10.7 Å². The van der Waals surface area contributed by atoms with Crippen molar-refractivity contribution in [3.8, 4) is 0 Å². The summed E-state index contributed by atoms with van der Waals surface area (Å²) in [5.74, 6) is -0.308. The highest BCUT2D eigenvalue weighted by Crippen LogP contribution is 2.32. The fraction of sp³-hybridized carbons (Fsp3) is 0.353. The van der Waals surface area contributed by atoms with E-state index < -0.39 is 0 Å². The Balaban J connectivity index is 1.70. The third-order valence-electron chi connectivity index (χ3n) is 3.93. The van der Waals surface area contributed by atoms with Gasteiger partial charge in [-0.25, -0.2) is 4.98 Å². The topological polar surface area (TPSA) is 85.1 Å². The predicted molar refractivity (Wildman–Crippen MR) is 97.8 cm³/mol. The summed E-state index contributed by atoms with van der Waals surface area (Å²) in [6.07, 6.45) is 4.55. The highest BCUT2D eigenvalue weighted by molar-refractivity contribution is 8.01. The summed E-state index contributed by atoms with van der Waals surface area (Å²) >= 11 is 2.71. The lowest BCUT2D eigenvalue weighted by Crippen LogP contribution is -2.13. The number of thioether (sulfide) groups is 1. The average molecular weight is 361 g/mol. The smallest absolute Gasteiger partial charge is 0.257 e. The summed E-state index contributed by atoms with van der Waals surface area (Å²) in [5, 5.41) is 3.40. The van der Waals surface area contributed by atoms with Crippen LogP contribution in [0.25, 0.3) is 0 Å². The zero-order chi connectivity index (χ0) is 17.1. The lowest BCUT2D eigenvalue weighted by Gasteiger charge is -2.16. The van der Waals surface area contributed by atoms with E-state index in [1.807, 2.05) is 19.1 Å². The highest BCUT2D eigenvalue weighted by atomic mass is 32.2. The lowest BCUT2D eigenvalue weighted by molar-refractivity contribution is -0.115. The maximum atomic E-state index is 12.5. The van der Waals surface area contributed by atoms with Crippen molar-refractivity contribution in [3.63, 3.8) is 0 Å². The monoisotopic (exact) mass is 361 g/mol. The SMILES string of the molecule is Cc1nc(NC(=O)c2ccc3c(c2)CCCC3)sc1SCC(N)=O. The first kappa shape index (κ1) is 17.0. The number of nitrogens with two attached hydrogens (primary N) is 1. The quantitative estimate of drug-likeness (QED) is 0.801. The van der Waals surface area contributed by atoms with Gasteiger partial charge >= 0.3 is 0 Å². The fourth-order valence-corrected chi connectivity index (χ4v) is 4.62. The second kappa shape index (κ2) is 7.36. The number of hydrogen-bond acceptors (Lipinski definition) is 5. The van der Waals surface area contributed by atoms with Crippen LogP contribution in [0.5, 0.6) is 0 Å². The van der Waals surface area contributed by atoms with E-state index in [2.05, 4.69) is 16.4 Å². The van der Waals surface area contributed by atoms with Crippen molar-refractivity contribution in [1.82, 2.24) is 4.98 Å². The van der Waals surface area contributed by atoms with Gasteiger partial charge in [0, 0.05) is 5.56 Å². The molecule has 1 aliphatic carbocycles. The number of carbonyl (C=O) groups is 2. The summed E-state index contributed by atoms with van der Waals surface area (Å²) in [6.45, 7) is 1.86. The number of thiazole rings is 1. The molecule has 3 N–H and O–H groups in total. The molecule has 0 saturated heterocycles. The van der Waals surface area contributed by atoms with E-state index in [1.165, 1.54) is 47.1 Å². The van der Waals surface area contributed by atoms with Gasteiger partial charge in [0.15, 0.2) is 5.13 Å². The van der Waals surface area contributed by atoms with Crippen LogP contribution >= 0.6 is 23.1 Å². The summed E-state index contributed by atoms with van der Waals surface area (Å²) < 4.78 is 0.898. The molecule has 126 valence electrons. The van der Waals surface area contributed by atoms with Crippen molar-refractivity contribution < 1.29 is 9.59 Å². The molecule has 1 aromatic carbocycles. The molecule has 0 saturated carbocycles. The summed E-state index contributed by atoms with van der Waals surface area (Å²) in [5.41, 5.74) is 9.26. The van der Waals surface area contributed by atoms with Crippen LogP contribution < -0.4 is 11.1 Å². The Morgan fingerprint density at radius 3 is 2.79 bits per heavy atom. The van der Waals surface area contributed by atoms with Crippen LogP contribution in [0.15, 0.2) is 22.4 Å². The Hall–Kier alpha value is -1.86. The molecule has 2 amide bonds. The predicted octanol–water partition coefficient (Wildman–Crippen LogP) is 3.16. The molecule has 0 aliphatic heterocycles. The molecule has 1 aliphatic rings. The van der Waals surface area contributed by atoms with Gasteiger partial charge in [-0.3, -0.25) is 14.9 Å². The van der Waals surface area contributed by atoms with Crippen LogP contribution in [0.4, 0.5) is 5.13 Å². The van der Waals surface area contributed by atoms with Crippen LogP contribution in [0.3, 0.4) is 0 Å². The van der Waals surface area contributed by atoms with Crippen molar-refractivity contribution in [2.45, 2.75) is 36.8 Å². The molecule has 0 spiro atoms. The first-order valence-corrected chi connectivity index (χ1v) is 9.65. The lowest BCUT2D eigenvalue weighted by atomic mass is 9.90. The molecule has 0 radical (unpaired) electrons. The standard InChI is InChI=1S/C17H19N3O2S2/c1-10-16(23-9-14(18)21)24-17(19-10)20-15(22)13-7-6-11-4-2-3-5-12(11)8-13/h6-8H,2-5,9H2,1H3,(H2,18,21)(H,19,20,22). The molecule has 2 aromatic rings. The largest absolute Gasteiger partial charge is 0.369 e. The van der Waals surface area contributed by atoms with Crippen molar-refractivity contribution in [3.05, 3.63) is 40.6 Å². The second-order valence-corrected chi connectivity index (χ2v) is 8.03. The van der Waals surface area contributed by atoms with Crippen molar-refractivity contribution in [2.24, 2.45) is 5.73 Å². The van der Waals surface area contributed by atoms with Gasteiger partial charge in [-0.15, -0.1) is 11.8 Å². The highest BCUT2D eigenvalue weighted by Gasteiger charge is 2.15. The Morgan fingerprint density at radius 1 is 1.29 bits per heavy atom. The number of primary amides is 1. The van der Waals surface area contributed by atoms with Gasteiger partial charge in [0.2, 0.25) is 5.91 Å². The van der Waals surface area contributed by atoms with Gasteiger partial charge in [0.05, 0.1) is 15.7 Å². The molecule has 0 bridgehead atoms. The van der Waals surface area contributed by atoms with Gasteiger partial charge in [-0.1, -0.05) is 17.4 Å². The van der Waals surface area contributed by atoms with Crippen molar-refractivity contribution in [2.75, 3.05) is 11.1 Å². The van der Waals surface area contributed by atoms with Crippen LogP contribution in [-0.4, -0.2) is 22.6 Å². The van der Waals surface area contributed by atoms with Crippen LogP contribution in [-0.2, 0) is 17.6 Å². The molecule has 0 unspecified atom stereocenters. The van der Waals surface area contributed by atoms with Gasteiger partial charge in [-0.2, -0.15) is 0 Å². The number of amides is 2. The number of anilines is 1. The van der Waals surface area contributed by atoms with Gasteiger partial charge < -0.3 is 5.73 Å². The number of benzene rings is 1. The van der Waals surface area contributed by atoms with Gasteiger partial charge in [0.25, 0.3) is 5.91 Å². The zero-order valence-electron chi connectivity index (χ0n) is 13.4. The first-order chi connectivity index (χ1) is 11.5. The Kier molecular flexibility index (Phi) is 5.20. The maximum Gasteiger partial charge on any atom is 0.257 e. The number of carbonyl (C=O) groups excluding carboxylic acids is 2. The van der Waals surface area contributed by atoms with Crippen LogP contribution in [0.1, 0.15) is 40.0 Å². The molecule has 0 fully saturated rings. The molecule has 1 aromatic heterocycles. The number of fused-ring (bicyclic) bond motifs is 1. The Bertz CT molecular complexity index is 786. The number of aromatic nitrogens is 1. The van der Waals surface area contributed by atoms with E-state index in [1.54, 1.807) is 0 Å². The molecule has 7 heteroatoms. The molecule has 3 rings (SSSR count). The minimum absolute atomic E-state index is 0.149. The minimum atomic E-state index is -0.368. The molecule has 24 heavy (non-hydrogen) atoms. The number of aryl methyl sites for hydroxylation is 3. The van der Waals surface area contributed by atoms with E-state index in [-0.39, 0.29) is 17.6 Å². The summed E-state index contributed by atoms with van der Waals surface area (Å²) in [4.78, 5) is 27.7. The number of hydrogen-bond donors (Lipinski definition) is 2. The Morgan fingerprint density at radius 2 is 2.04 bits per heavy atom. The third kappa shape index (κ3) is 3.96. The zero-order valence-corrected chi connectivity index (χ0v) is 15.1.